The minimum atomic E-state index is -0.396. The Kier molecular flexibility index (Phi) is 2.48. The van der Waals surface area contributed by atoms with E-state index < -0.39 is 5.97 Å². The molecule has 1 aromatic rings. The molecule has 0 unspecified atom stereocenters. The molecule has 90 valence electrons. The Morgan fingerprint density at radius 1 is 1.59 bits per heavy atom. The molecule has 0 spiro atoms. The SMILES string of the molecule is COC(=O)c1cccc(N2C[C@H]3C[C@@H]2CO3)n1. The fraction of sp³-hybridized carbons (Fsp3) is 0.500. The maximum absolute atomic E-state index is 11.4. The summed E-state index contributed by atoms with van der Waals surface area (Å²) in [6.07, 6.45) is 1.38. The molecule has 5 heteroatoms. The zero-order valence-electron chi connectivity index (χ0n) is 9.63. The number of rotatable bonds is 2. The maximum Gasteiger partial charge on any atom is 0.356 e. The van der Waals surface area contributed by atoms with Crippen LogP contribution in [0.2, 0.25) is 0 Å². The van der Waals surface area contributed by atoms with E-state index in [-0.39, 0.29) is 0 Å². The number of hydrogen-bond donors (Lipinski definition) is 0. The van der Waals surface area contributed by atoms with Gasteiger partial charge in [0.1, 0.15) is 5.82 Å². The van der Waals surface area contributed by atoms with Crippen molar-refractivity contribution < 1.29 is 14.3 Å². The number of carbonyl (C=O) groups is 1. The number of ether oxygens (including phenoxy) is 2. The van der Waals surface area contributed by atoms with Gasteiger partial charge in [0.25, 0.3) is 0 Å². The van der Waals surface area contributed by atoms with Crippen LogP contribution < -0.4 is 4.90 Å². The molecule has 0 aromatic carbocycles. The van der Waals surface area contributed by atoms with Crippen molar-refractivity contribution in [1.82, 2.24) is 4.98 Å². The summed E-state index contributed by atoms with van der Waals surface area (Å²) in [7, 11) is 1.36. The average molecular weight is 234 g/mol. The molecule has 2 atom stereocenters. The molecule has 0 radical (unpaired) electrons. The first-order chi connectivity index (χ1) is 8.28. The molecule has 17 heavy (non-hydrogen) atoms. The van der Waals surface area contributed by atoms with Gasteiger partial charge in [-0.3, -0.25) is 0 Å². The second kappa shape index (κ2) is 4.00. The van der Waals surface area contributed by atoms with E-state index in [4.69, 9.17) is 4.74 Å². The van der Waals surface area contributed by atoms with Crippen LogP contribution in [-0.2, 0) is 9.47 Å². The first kappa shape index (κ1) is 10.5. The van der Waals surface area contributed by atoms with E-state index in [0.717, 1.165) is 25.4 Å². The predicted octanol–water partition coefficient (Wildman–Crippen LogP) is 0.846. The van der Waals surface area contributed by atoms with E-state index in [2.05, 4.69) is 14.6 Å². The lowest BCUT2D eigenvalue weighted by Crippen LogP contribution is -2.37. The van der Waals surface area contributed by atoms with Gasteiger partial charge in [0.15, 0.2) is 5.69 Å². The average Bonchev–Trinajstić information content (AvgIpc) is 3.00. The molecule has 2 aliphatic heterocycles. The van der Waals surface area contributed by atoms with Gasteiger partial charge in [-0.05, 0) is 18.6 Å². The molecule has 5 nitrogen and oxygen atoms in total. The summed E-state index contributed by atoms with van der Waals surface area (Å²) < 4.78 is 10.2. The van der Waals surface area contributed by atoms with E-state index >= 15 is 0 Å². The Bertz CT molecular complexity index is 449. The molecule has 0 amide bonds. The van der Waals surface area contributed by atoms with Gasteiger partial charge in [-0.25, -0.2) is 9.78 Å². The van der Waals surface area contributed by atoms with Crippen LogP contribution >= 0.6 is 0 Å². The third-order valence-electron chi connectivity index (χ3n) is 3.32. The van der Waals surface area contributed by atoms with Gasteiger partial charge in [-0.1, -0.05) is 6.07 Å². The largest absolute Gasteiger partial charge is 0.464 e. The van der Waals surface area contributed by atoms with Gasteiger partial charge < -0.3 is 14.4 Å². The van der Waals surface area contributed by atoms with Crippen LogP contribution in [0.3, 0.4) is 0 Å². The minimum Gasteiger partial charge on any atom is -0.464 e. The van der Waals surface area contributed by atoms with Gasteiger partial charge in [-0.15, -0.1) is 0 Å². The summed E-state index contributed by atoms with van der Waals surface area (Å²) >= 11 is 0. The minimum absolute atomic E-state index is 0.323. The normalized spacial score (nSPS) is 26.3. The molecular weight excluding hydrogens is 220 g/mol. The summed E-state index contributed by atoms with van der Waals surface area (Å²) in [5.74, 6) is 0.441. The molecule has 0 N–H and O–H groups in total. The smallest absolute Gasteiger partial charge is 0.356 e. The molecule has 2 saturated heterocycles. The van der Waals surface area contributed by atoms with Crippen molar-refractivity contribution in [3.05, 3.63) is 23.9 Å². The third kappa shape index (κ3) is 1.76. The Morgan fingerprint density at radius 3 is 3.12 bits per heavy atom. The van der Waals surface area contributed by atoms with Gasteiger partial charge >= 0.3 is 5.97 Å². The summed E-state index contributed by atoms with van der Waals surface area (Å²) in [4.78, 5) is 18.0. The van der Waals surface area contributed by atoms with Crippen LogP contribution in [-0.4, -0.2) is 43.4 Å². The van der Waals surface area contributed by atoms with Crippen molar-refractivity contribution in [1.29, 1.82) is 0 Å². The number of nitrogens with zero attached hydrogens (tertiary/aromatic N) is 2. The molecule has 1 aromatic heterocycles. The molecule has 2 fully saturated rings. The van der Waals surface area contributed by atoms with Crippen LogP contribution in [0, 0.1) is 0 Å². The van der Waals surface area contributed by atoms with Crippen LogP contribution in [0.5, 0.6) is 0 Å². The van der Waals surface area contributed by atoms with E-state index in [1.165, 1.54) is 7.11 Å². The number of fused-ring (bicyclic) bond motifs is 2. The Balaban J connectivity index is 1.86. The second-order valence-corrected chi connectivity index (χ2v) is 4.37. The van der Waals surface area contributed by atoms with Gasteiger partial charge in [0.05, 0.1) is 25.9 Å². The number of methoxy groups -OCH3 is 1. The molecule has 3 rings (SSSR count). The van der Waals surface area contributed by atoms with Crippen LogP contribution in [0.25, 0.3) is 0 Å². The van der Waals surface area contributed by atoms with E-state index in [9.17, 15) is 4.79 Å². The molecular formula is C12H14N2O3. The summed E-state index contributed by atoms with van der Waals surface area (Å²) in [6.45, 7) is 1.62. The highest BCUT2D eigenvalue weighted by molar-refractivity contribution is 5.87. The first-order valence-electron chi connectivity index (χ1n) is 5.71. The Morgan fingerprint density at radius 2 is 2.47 bits per heavy atom. The fourth-order valence-electron chi connectivity index (χ4n) is 2.48. The fourth-order valence-corrected chi connectivity index (χ4v) is 2.48. The van der Waals surface area contributed by atoms with Crippen molar-refractivity contribution in [2.24, 2.45) is 0 Å². The molecule has 2 aliphatic rings. The predicted molar refractivity (Wildman–Crippen MR) is 61.1 cm³/mol. The number of esters is 1. The first-order valence-corrected chi connectivity index (χ1v) is 5.71. The lowest BCUT2D eigenvalue weighted by Gasteiger charge is -2.27. The summed E-state index contributed by atoms with van der Waals surface area (Å²) in [5, 5.41) is 0. The molecule has 3 heterocycles. The van der Waals surface area contributed by atoms with Crippen LogP contribution in [0.1, 0.15) is 16.9 Å². The molecule has 2 bridgehead atoms. The number of hydrogen-bond acceptors (Lipinski definition) is 5. The number of morpholine rings is 1. The molecule has 0 aliphatic carbocycles. The van der Waals surface area contributed by atoms with E-state index in [1.54, 1.807) is 6.07 Å². The maximum atomic E-state index is 11.4. The van der Waals surface area contributed by atoms with Crippen molar-refractivity contribution in [2.75, 3.05) is 25.2 Å². The topological polar surface area (TPSA) is 51.7 Å². The van der Waals surface area contributed by atoms with Gasteiger partial charge in [-0.2, -0.15) is 0 Å². The highest BCUT2D eigenvalue weighted by atomic mass is 16.5. The zero-order chi connectivity index (χ0) is 11.8. The number of anilines is 1. The van der Waals surface area contributed by atoms with Crippen molar-refractivity contribution in [3.8, 4) is 0 Å². The number of aromatic nitrogens is 1. The lowest BCUT2D eigenvalue weighted by atomic mass is 10.2. The standard InChI is InChI=1S/C12H14N2O3/c1-16-12(15)10-3-2-4-11(13-10)14-6-9-5-8(14)7-17-9/h2-4,8-9H,5-7H2,1H3/t8-,9-/m1/s1. The van der Waals surface area contributed by atoms with Crippen molar-refractivity contribution in [3.63, 3.8) is 0 Å². The third-order valence-corrected chi connectivity index (χ3v) is 3.32. The van der Waals surface area contributed by atoms with Crippen LogP contribution in [0.15, 0.2) is 18.2 Å². The van der Waals surface area contributed by atoms with Crippen molar-refractivity contribution in [2.45, 2.75) is 18.6 Å². The van der Waals surface area contributed by atoms with Crippen LogP contribution in [0.4, 0.5) is 5.82 Å². The van der Waals surface area contributed by atoms with E-state index in [0.29, 0.717) is 17.8 Å². The zero-order valence-corrected chi connectivity index (χ0v) is 9.63. The lowest BCUT2D eigenvalue weighted by molar-refractivity contribution is 0.0594. The summed E-state index contributed by atoms with van der Waals surface area (Å²) in [5.41, 5.74) is 0.355. The quantitative estimate of drug-likeness (QED) is 0.710. The summed E-state index contributed by atoms with van der Waals surface area (Å²) in [6, 6.07) is 5.83. The second-order valence-electron chi connectivity index (χ2n) is 4.37. The Hall–Kier alpha value is -1.62. The highest BCUT2D eigenvalue weighted by Gasteiger charge is 2.39. The number of pyridine rings is 1. The van der Waals surface area contributed by atoms with Crippen molar-refractivity contribution >= 4 is 11.8 Å². The number of carbonyl (C=O) groups excluding carboxylic acids is 1. The van der Waals surface area contributed by atoms with E-state index in [1.807, 2.05) is 12.1 Å². The van der Waals surface area contributed by atoms with Gasteiger partial charge in [0, 0.05) is 6.54 Å². The Labute approximate surface area is 99.3 Å². The molecule has 0 saturated carbocycles. The van der Waals surface area contributed by atoms with Gasteiger partial charge in [0.2, 0.25) is 0 Å². The monoisotopic (exact) mass is 234 g/mol. The highest BCUT2D eigenvalue weighted by Crippen LogP contribution is 2.31.